The van der Waals surface area contributed by atoms with Crippen LogP contribution in [-0.2, 0) is 34.8 Å². The molecule has 0 saturated carbocycles. The lowest BCUT2D eigenvalue weighted by molar-refractivity contribution is -0.150. The van der Waals surface area contributed by atoms with E-state index in [0.29, 0.717) is 37.6 Å². The van der Waals surface area contributed by atoms with Gasteiger partial charge in [-0.05, 0) is 89.8 Å². The first kappa shape index (κ1) is 57.0. The summed E-state index contributed by atoms with van der Waals surface area (Å²) >= 11 is 0. The lowest BCUT2D eigenvalue weighted by atomic mass is 10.0. The molecule has 61 heavy (non-hydrogen) atoms. The number of hydrogen-bond acceptors (Lipinski definition) is 9. The van der Waals surface area contributed by atoms with E-state index in [1.54, 1.807) is 6.07 Å². The Morgan fingerprint density at radius 3 is 1.61 bits per heavy atom. The first-order chi connectivity index (χ1) is 29.7. The maximum atomic E-state index is 12.9. The van der Waals surface area contributed by atoms with Crippen molar-refractivity contribution in [2.75, 3.05) is 32.8 Å². The first-order valence-corrected chi connectivity index (χ1v) is 27.3. The smallest absolute Gasteiger partial charge is 0.306 e. The molecule has 10 nitrogen and oxygen atoms in total. The summed E-state index contributed by atoms with van der Waals surface area (Å²) in [6.07, 6.45) is 38.3. The number of carbonyl (C=O) groups excluding carboxylic acids is 2. The maximum absolute atomic E-state index is 12.9. The van der Waals surface area contributed by atoms with Crippen molar-refractivity contribution in [2.24, 2.45) is 5.92 Å². The van der Waals surface area contributed by atoms with Crippen molar-refractivity contribution >= 4 is 22.0 Å². The second-order valence-corrected chi connectivity index (χ2v) is 19.9. The standard InChI is InChI=1S/C50H95N3O7S/c1-5-8-11-14-19-26-34-48(35-27-20-15-12-9-6-2)60-50(55)37-29-22-17-24-31-41-53(42-32-39-51-61(56,57)45-47-38-43-59-52-47)40-30-23-16-21-28-36-49(54)58-44-46(4)33-25-18-13-10-7-3/h38,43,46,48,51H,5-37,39-42,44-45H2,1-4H3. The van der Waals surface area contributed by atoms with E-state index in [2.05, 4.69) is 42.5 Å². The van der Waals surface area contributed by atoms with E-state index >= 15 is 0 Å². The van der Waals surface area contributed by atoms with Crippen LogP contribution in [0, 0.1) is 5.92 Å². The van der Waals surface area contributed by atoms with Crippen LogP contribution in [0.25, 0.3) is 0 Å². The number of esters is 2. The van der Waals surface area contributed by atoms with E-state index in [9.17, 15) is 18.0 Å². The van der Waals surface area contributed by atoms with Crippen LogP contribution in [0.4, 0.5) is 0 Å². The Bertz CT molecular complexity index is 1210. The summed E-state index contributed by atoms with van der Waals surface area (Å²) in [5, 5.41) is 3.73. The molecule has 0 aliphatic rings. The van der Waals surface area contributed by atoms with E-state index in [-0.39, 0.29) is 23.8 Å². The minimum atomic E-state index is -3.47. The molecule has 1 unspecified atom stereocenters. The summed E-state index contributed by atoms with van der Waals surface area (Å²) in [6, 6.07) is 1.57. The van der Waals surface area contributed by atoms with Gasteiger partial charge in [0.2, 0.25) is 10.0 Å². The van der Waals surface area contributed by atoms with Gasteiger partial charge in [0.15, 0.2) is 0 Å². The molecule has 0 bridgehead atoms. The molecular formula is C50H95N3O7S. The highest BCUT2D eigenvalue weighted by Crippen LogP contribution is 2.19. The number of carbonyl (C=O) groups is 2. The largest absolute Gasteiger partial charge is 0.465 e. The second-order valence-electron chi connectivity index (χ2n) is 18.1. The zero-order chi connectivity index (χ0) is 44.5. The molecule has 0 aliphatic carbocycles. The molecule has 0 spiro atoms. The Balaban J connectivity index is 2.39. The Labute approximate surface area is 375 Å². The predicted molar refractivity (Wildman–Crippen MR) is 253 cm³/mol. The van der Waals surface area contributed by atoms with Crippen molar-refractivity contribution in [3.05, 3.63) is 18.0 Å². The first-order valence-electron chi connectivity index (χ1n) is 25.6. The SMILES string of the molecule is CCCCCCCCC(CCCCCCCC)OC(=O)CCCCCCCN(CCCCCCCC(=O)OCC(C)CCCCCCC)CCCNS(=O)(=O)Cc1ccon1. The Morgan fingerprint density at radius 2 is 1.08 bits per heavy atom. The monoisotopic (exact) mass is 882 g/mol. The average Bonchev–Trinajstić information content (AvgIpc) is 3.75. The predicted octanol–water partition coefficient (Wildman–Crippen LogP) is 13.4. The number of nitrogens with zero attached hydrogens (tertiary/aromatic N) is 2. The fourth-order valence-electron chi connectivity index (χ4n) is 7.99. The van der Waals surface area contributed by atoms with Crippen molar-refractivity contribution in [1.82, 2.24) is 14.8 Å². The summed E-state index contributed by atoms with van der Waals surface area (Å²) in [5.74, 6) is 0.172. The number of nitrogens with one attached hydrogen (secondary N) is 1. The quantitative estimate of drug-likeness (QED) is 0.0503. The third-order valence-corrected chi connectivity index (χ3v) is 13.2. The van der Waals surface area contributed by atoms with Gasteiger partial charge in [-0.2, -0.15) is 0 Å². The lowest BCUT2D eigenvalue weighted by Gasteiger charge is -2.22. The molecule has 0 amide bonds. The minimum Gasteiger partial charge on any atom is -0.465 e. The van der Waals surface area contributed by atoms with Gasteiger partial charge in [-0.3, -0.25) is 9.59 Å². The average molecular weight is 882 g/mol. The number of ether oxygens (including phenoxy) is 2. The van der Waals surface area contributed by atoms with Gasteiger partial charge in [0.05, 0.1) is 12.3 Å². The molecule has 0 aromatic carbocycles. The number of sulfonamides is 1. The maximum Gasteiger partial charge on any atom is 0.306 e. The van der Waals surface area contributed by atoms with E-state index in [4.69, 9.17) is 14.0 Å². The van der Waals surface area contributed by atoms with E-state index in [1.807, 2.05) is 0 Å². The van der Waals surface area contributed by atoms with Crippen LogP contribution in [0.15, 0.2) is 16.9 Å². The van der Waals surface area contributed by atoms with Crippen molar-refractivity contribution in [3.63, 3.8) is 0 Å². The number of unbranched alkanes of at least 4 members (excludes halogenated alkanes) is 22. The van der Waals surface area contributed by atoms with Gasteiger partial charge in [-0.15, -0.1) is 0 Å². The van der Waals surface area contributed by atoms with Crippen molar-refractivity contribution in [1.29, 1.82) is 0 Å². The fraction of sp³-hybridized carbons (Fsp3) is 0.900. The molecule has 1 heterocycles. The second kappa shape index (κ2) is 40.8. The summed E-state index contributed by atoms with van der Waals surface area (Å²) in [5.41, 5.74) is 0.400. The zero-order valence-electron chi connectivity index (χ0n) is 40.0. The normalized spacial score (nSPS) is 12.4. The molecule has 358 valence electrons. The molecule has 1 aromatic heterocycles. The summed E-state index contributed by atoms with van der Waals surface area (Å²) in [4.78, 5) is 27.6. The van der Waals surface area contributed by atoms with Gasteiger partial charge in [0, 0.05) is 25.5 Å². The van der Waals surface area contributed by atoms with Gasteiger partial charge in [-0.1, -0.05) is 168 Å². The Hall–Kier alpha value is -1.98. The molecular weight excluding hydrogens is 787 g/mol. The van der Waals surface area contributed by atoms with Gasteiger partial charge in [0.25, 0.3) is 0 Å². The van der Waals surface area contributed by atoms with E-state index in [1.165, 1.54) is 103 Å². The fourth-order valence-corrected chi connectivity index (χ4v) is 9.09. The molecule has 1 atom stereocenters. The topological polar surface area (TPSA) is 128 Å². The highest BCUT2D eigenvalue weighted by atomic mass is 32.2. The third-order valence-electron chi connectivity index (χ3n) is 11.9. The van der Waals surface area contributed by atoms with Crippen LogP contribution < -0.4 is 4.72 Å². The molecule has 0 aliphatic heterocycles. The molecule has 0 saturated heterocycles. The van der Waals surface area contributed by atoms with Crippen LogP contribution in [0.2, 0.25) is 0 Å². The number of aromatic nitrogens is 1. The number of hydrogen-bond donors (Lipinski definition) is 1. The highest BCUT2D eigenvalue weighted by molar-refractivity contribution is 7.88. The molecule has 1 N–H and O–H groups in total. The van der Waals surface area contributed by atoms with Crippen molar-refractivity contribution in [3.8, 4) is 0 Å². The summed E-state index contributed by atoms with van der Waals surface area (Å²) in [7, 11) is -3.47. The van der Waals surface area contributed by atoms with Gasteiger partial charge >= 0.3 is 11.9 Å². The van der Waals surface area contributed by atoms with Crippen LogP contribution >= 0.6 is 0 Å². The summed E-state index contributed by atoms with van der Waals surface area (Å²) in [6.45, 7) is 12.6. The van der Waals surface area contributed by atoms with Crippen molar-refractivity contribution in [2.45, 2.75) is 251 Å². The third kappa shape index (κ3) is 37.1. The number of rotatable bonds is 46. The van der Waals surface area contributed by atoms with Gasteiger partial charge in [0.1, 0.15) is 18.1 Å². The van der Waals surface area contributed by atoms with E-state index < -0.39 is 10.0 Å². The van der Waals surface area contributed by atoms with Crippen LogP contribution in [0.1, 0.15) is 245 Å². The van der Waals surface area contributed by atoms with Crippen LogP contribution in [-0.4, -0.2) is 69.3 Å². The molecule has 11 heteroatoms. The Kier molecular flexibility index (Phi) is 38.1. The lowest BCUT2D eigenvalue weighted by Crippen LogP contribution is -2.32. The molecule has 1 aromatic rings. The highest BCUT2D eigenvalue weighted by Gasteiger charge is 2.16. The van der Waals surface area contributed by atoms with Crippen LogP contribution in [0.3, 0.4) is 0 Å². The molecule has 1 rings (SSSR count). The molecule has 0 fully saturated rings. The van der Waals surface area contributed by atoms with Gasteiger partial charge < -0.3 is 18.9 Å². The van der Waals surface area contributed by atoms with Crippen molar-refractivity contribution < 1.29 is 32.0 Å². The van der Waals surface area contributed by atoms with Gasteiger partial charge in [-0.25, -0.2) is 13.1 Å². The zero-order valence-corrected chi connectivity index (χ0v) is 40.9. The van der Waals surface area contributed by atoms with Crippen LogP contribution in [0.5, 0.6) is 0 Å². The summed E-state index contributed by atoms with van der Waals surface area (Å²) < 4.78 is 44.1. The Morgan fingerprint density at radius 1 is 0.623 bits per heavy atom. The van der Waals surface area contributed by atoms with E-state index in [0.717, 1.165) is 122 Å². The molecule has 0 radical (unpaired) electrons. The minimum absolute atomic E-state index is 0.0156.